The molecule has 0 saturated heterocycles. The number of nitrogens with one attached hydrogen (secondary N) is 1. The van der Waals surface area contributed by atoms with Gasteiger partial charge in [-0.1, -0.05) is 18.2 Å². The molecule has 0 atom stereocenters. The van der Waals surface area contributed by atoms with Crippen molar-refractivity contribution in [3.63, 3.8) is 0 Å². The van der Waals surface area contributed by atoms with Crippen molar-refractivity contribution in [1.82, 2.24) is 9.88 Å². The fourth-order valence-electron chi connectivity index (χ4n) is 3.33. The zero-order valence-corrected chi connectivity index (χ0v) is 18.0. The highest BCUT2D eigenvalue weighted by molar-refractivity contribution is 8.93. The van der Waals surface area contributed by atoms with Gasteiger partial charge in [-0.2, -0.15) is 0 Å². The zero-order valence-electron chi connectivity index (χ0n) is 16.3. The number of hydrogen-bond acceptors (Lipinski definition) is 4. The Labute approximate surface area is 179 Å². The number of fused-ring (bicyclic) bond motifs is 2. The van der Waals surface area contributed by atoms with Crippen molar-refractivity contribution in [2.45, 2.75) is 26.3 Å². The molecule has 1 N–H and O–H groups in total. The van der Waals surface area contributed by atoms with E-state index in [2.05, 4.69) is 10.3 Å². The van der Waals surface area contributed by atoms with Gasteiger partial charge in [-0.3, -0.25) is 9.59 Å². The van der Waals surface area contributed by atoms with E-state index in [4.69, 9.17) is 4.42 Å². The summed E-state index contributed by atoms with van der Waals surface area (Å²) in [5.74, 6) is 1.26. The summed E-state index contributed by atoms with van der Waals surface area (Å²) in [4.78, 5) is 29.8. The number of benzene rings is 1. The number of aromatic nitrogens is 1. The monoisotopic (exact) mass is 455 g/mol. The molecule has 0 bridgehead atoms. The van der Waals surface area contributed by atoms with E-state index in [1.807, 2.05) is 37.3 Å². The first kappa shape index (κ1) is 20.8. The van der Waals surface area contributed by atoms with Crippen molar-refractivity contribution in [2.75, 3.05) is 12.4 Å². The number of carbonyl (C=O) groups excluding carboxylic acids is 2. The van der Waals surface area contributed by atoms with Gasteiger partial charge in [-0.15, -0.1) is 17.0 Å². The van der Waals surface area contributed by atoms with Gasteiger partial charge in [0.2, 0.25) is 11.8 Å². The predicted octanol–water partition coefficient (Wildman–Crippen LogP) is 4.27. The van der Waals surface area contributed by atoms with Crippen LogP contribution in [0.2, 0.25) is 0 Å². The molecule has 2 amide bonds. The maximum absolute atomic E-state index is 12.5. The highest BCUT2D eigenvalue weighted by Gasteiger charge is 2.16. The SMILES string of the molecule is Br.Cc1c(CN(C)C(=O)/C=C/c2cnc3c(c2)CCC(=O)N3)oc2ccccc12. The Bertz CT molecular complexity index is 1100. The Morgan fingerprint density at radius 1 is 1.31 bits per heavy atom. The minimum atomic E-state index is -0.120. The molecule has 0 spiro atoms. The standard InChI is InChI=1S/C22H21N3O3.BrH/c1-14-17-5-3-4-6-18(17)28-19(14)13-25(2)21(27)10-7-15-11-16-8-9-20(26)24-22(16)23-12-15;/h3-7,10-12H,8-9,13H2,1-2H3,(H,23,24,26);1H/b10-7+;. The van der Waals surface area contributed by atoms with Crippen molar-refractivity contribution >= 4 is 51.7 Å². The van der Waals surface area contributed by atoms with E-state index in [1.165, 1.54) is 6.08 Å². The molecule has 0 aliphatic carbocycles. The van der Waals surface area contributed by atoms with E-state index in [0.717, 1.165) is 33.4 Å². The Morgan fingerprint density at radius 2 is 2.10 bits per heavy atom. The van der Waals surface area contributed by atoms with E-state index < -0.39 is 0 Å². The number of carbonyl (C=O) groups is 2. The van der Waals surface area contributed by atoms with Crippen LogP contribution in [0.4, 0.5) is 5.82 Å². The first-order valence-corrected chi connectivity index (χ1v) is 9.20. The Kier molecular flexibility index (Phi) is 6.17. The number of anilines is 1. The Morgan fingerprint density at radius 3 is 2.90 bits per heavy atom. The Hall–Kier alpha value is -2.93. The highest BCUT2D eigenvalue weighted by atomic mass is 79.9. The fourth-order valence-corrected chi connectivity index (χ4v) is 3.33. The summed E-state index contributed by atoms with van der Waals surface area (Å²) in [6.07, 6.45) is 6.05. The third kappa shape index (κ3) is 4.40. The molecule has 0 radical (unpaired) electrons. The van der Waals surface area contributed by atoms with Gasteiger partial charge < -0.3 is 14.6 Å². The zero-order chi connectivity index (χ0) is 19.7. The van der Waals surface area contributed by atoms with Crippen molar-refractivity contribution in [3.8, 4) is 0 Å². The normalized spacial score (nSPS) is 13.1. The van der Waals surface area contributed by atoms with Crippen LogP contribution in [0.3, 0.4) is 0 Å². The minimum absolute atomic E-state index is 0. The smallest absolute Gasteiger partial charge is 0.246 e. The molecule has 150 valence electrons. The fraction of sp³-hybridized carbons (Fsp3) is 0.227. The summed E-state index contributed by atoms with van der Waals surface area (Å²) in [6.45, 7) is 2.41. The number of halogens is 1. The molecular weight excluding hydrogens is 434 g/mol. The number of pyridine rings is 1. The number of rotatable bonds is 4. The first-order chi connectivity index (χ1) is 13.5. The third-order valence-electron chi connectivity index (χ3n) is 4.98. The summed E-state index contributed by atoms with van der Waals surface area (Å²) in [5.41, 5.74) is 3.70. The number of likely N-dealkylation sites (N-methyl/N-ethyl adjacent to an activating group) is 1. The summed E-state index contributed by atoms with van der Waals surface area (Å²) in [7, 11) is 1.75. The van der Waals surface area contributed by atoms with Gasteiger partial charge in [0, 0.05) is 36.7 Å². The lowest BCUT2D eigenvalue weighted by molar-refractivity contribution is -0.125. The van der Waals surface area contributed by atoms with Gasteiger partial charge in [0.1, 0.15) is 17.2 Å². The van der Waals surface area contributed by atoms with Gasteiger partial charge in [0.15, 0.2) is 0 Å². The first-order valence-electron chi connectivity index (χ1n) is 9.20. The van der Waals surface area contributed by atoms with Crippen LogP contribution in [0, 0.1) is 6.92 Å². The second-order valence-electron chi connectivity index (χ2n) is 7.00. The van der Waals surface area contributed by atoms with Crippen molar-refractivity contribution < 1.29 is 14.0 Å². The van der Waals surface area contributed by atoms with Crippen LogP contribution in [0.15, 0.2) is 47.0 Å². The Balaban J connectivity index is 0.00000240. The molecule has 7 heteroatoms. The van der Waals surface area contributed by atoms with Crippen molar-refractivity contribution in [1.29, 1.82) is 0 Å². The molecule has 3 aromatic rings. The van der Waals surface area contributed by atoms with Crippen LogP contribution in [0.5, 0.6) is 0 Å². The second-order valence-corrected chi connectivity index (χ2v) is 7.00. The molecule has 0 fully saturated rings. The van der Waals surface area contributed by atoms with Gasteiger partial charge in [0.25, 0.3) is 0 Å². The molecule has 29 heavy (non-hydrogen) atoms. The van der Waals surface area contributed by atoms with Crippen molar-refractivity contribution in [2.24, 2.45) is 0 Å². The third-order valence-corrected chi connectivity index (χ3v) is 4.98. The number of furan rings is 1. The van der Waals surface area contributed by atoms with E-state index in [1.54, 1.807) is 24.2 Å². The summed E-state index contributed by atoms with van der Waals surface area (Å²) in [5, 5.41) is 3.82. The largest absolute Gasteiger partial charge is 0.459 e. The minimum Gasteiger partial charge on any atom is -0.459 e. The van der Waals surface area contributed by atoms with Crippen LogP contribution in [0.25, 0.3) is 17.0 Å². The molecule has 1 aliphatic heterocycles. The number of aryl methyl sites for hydroxylation is 2. The average molecular weight is 456 g/mol. The highest BCUT2D eigenvalue weighted by Crippen LogP contribution is 2.26. The lowest BCUT2D eigenvalue weighted by Gasteiger charge is -2.16. The summed E-state index contributed by atoms with van der Waals surface area (Å²) in [6, 6.07) is 9.81. The van der Waals surface area contributed by atoms with Gasteiger partial charge in [-0.05, 0) is 42.7 Å². The van der Waals surface area contributed by atoms with Crippen LogP contribution in [0.1, 0.15) is 28.9 Å². The molecule has 4 rings (SSSR count). The van der Waals surface area contributed by atoms with Gasteiger partial charge in [-0.25, -0.2) is 4.98 Å². The van der Waals surface area contributed by atoms with Gasteiger partial charge >= 0.3 is 0 Å². The summed E-state index contributed by atoms with van der Waals surface area (Å²) < 4.78 is 5.89. The molecular formula is C22H22BrN3O3. The van der Waals surface area contributed by atoms with Crippen LogP contribution < -0.4 is 5.32 Å². The van der Waals surface area contributed by atoms with E-state index in [9.17, 15) is 9.59 Å². The van der Waals surface area contributed by atoms with Crippen LogP contribution in [-0.4, -0.2) is 28.7 Å². The van der Waals surface area contributed by atoms with E-state index in [0.29, 0.717) is 25.2 Å². The molecule has 2 aromatic heterocycles. The maximum atomic E-state index is 12.5. The molecule has 6 nitrogen and oxygen atoms in total. The van der Waals surface area contributed by atoms with E-state index >= 15 is 0 Å². The van der Waals surface area contributed by atoms with Crippen LogP contribution >= 0.6 is 17.0 Å². The number of hydrogen-bond donors (Lipinski definition) is 1. The number of nitrogens with zero attached hydrogens (tertiary/aromatic N) is 2. The lowest BCUT2D eigenvalue weighted by atomic mass is 10.0. The number of amides is 2. The molecule has 0 saturated carbocycles. The van der Waals surface area contributed by atoms with Gasteiger partial charge in [0.05, 0.1) is 6.54 Å². The predicted molar refractivity (Wildman–Crippen MR) is 118 cm³/mol. The maximum Gasteiger partial charge on any atom is 0.246 e. The molecule has 1 aliphatic rings. The topological polar surface area (TPSA) is 75.4 Å². The molecule has 3 heterocycles. The summed E-state index contributed by atoms with van der Waals surface area (Å²) >= 11 is 0. The number of para-hydroxylation sites is 1. The van der Waals surface area contributed by atoms with Crippen molar-refractivity contribution in [3.05, 3.63) is 65.1 Å². The second kappa shape index (κ2) is 8.61. The average Bonchev–Trinajstić information content (AvgIpc) is 3.01. The molecule has 1 aromatic carbocycles. The lowest BCUT2D eigenvalue weighted by Crippen LogP contribution is -2.24. The van der Waals surface area contributed by atoms with Crippen LogP contribution in [-0.2, 0) is 22.6 Å². The van der Waals surface area contributed by atoms with E-state index in [-0.39, 0.29) is 28.8 Å². The quantitative estimate of drug-likeness (QED) is 0.595. The molecule has 0 unspecified atom stereocenters.